The molecule has 0 fully saturated rings. The van der Waals surface area contributed by atoms with Gasteiger partial charge in [-0.2, -0.15) is 0 Å². The molecule has 2 N–H and O–H groups in total. The minimum Gasteiger partial charge on any atom is -0.449 e. The van der Waals surface area contributed by atoms with Crippen LogP contribution in [-0.2, 0) is 9.53 Å². The normalized spacial score (nSPS) is 11.4. The van der Waals surface area contributed by atoms with Crippen LogP contribution in [0.5, 0.6) is 0 Å². The first kappa shape index (κ1) is 16.7. The number of aryl methyl sites for hydroxylation is 2. The number of carbonyl (C=O) groups excluding carboxylic acids is 3. The fraction of sp³-hybridized carbons (Fsp3) is 0.400. The van der Waals surface area contributed by atoms with Crippen LogP contribution in [0.1, 0.15) is 35.3 Å². The summed E-state index contributed by atoms with van der Waals surface area (Å²) in [6.07, 6.45) is -1.05. The third-order valence-corrected chi connectivity index (χ3v) is 2.83. The van der Waals surface area contributed by atoms with Gasteiger partial charge in [-0.1, -0.05) is 17.7 Å². The lowest BCUT2D eigenvalue weighted by Gasteiger charge is -2.14. The minimum absolute atomic E-state index is 0.399. The number of hydrogen-bond acceptors (Lipinski definition) is 4. The number of amides is 3. The SMILES string of the molecule is CCNC(=O)NC(=O)C(C)OC(=O)c1ccc(C)cc1C. The predicted molar refractivity (Wildman–Crippen MR) is 78.0 cm³/mol. The Labute approximate surface area is 123 Å². The molecule has 6 nitrogen and oxygen atoms in total. The average Bonchev–Trinajstić information content (AvgIpc) is 2.38. The van der Waals surface area contributed by atoms with Gasteiger partial charge in [-0.25, -0.2) is 9.59 Å². The highest BCUT2D eigenvalue weighted by molar-refractivity contribution is 5.98. The van der Waals surface area contributed by atoms with Crippen LogP contribution in [0.25, 0.3) is 0 Å². The first-order chi connectivity index (χ1) is 9.85. The number of carbonyl (C=O) groups is 3. The number of imide groups is 1. The molecular weight excluding hydrogens is 272 g/mol. The van der Waals surface area contributed by atoms with Crippen LogP contribution in [0, 0.1) is 13.8 Å². The summed E-state index contributed by atoms with van der Waals surface area (Å²) in [6, 6.07) is 4.69. The Morgan fingerprint density at radius 3 is 2.48 bits per heavy atom. The molecule has 0 saturated carbocycles. The average molecular weight is 292 g/mol. The maximum atomic E-state index is 12.0. The Kier molecular flexibility index (Phi) is 5.90. The van der Waals surface area contributed by atoms with Gasteiger partial charge >= 0.3 is 12.0 Å². The summed E-state index contributed by atoms with van der Waals surface area (Å²) in [5.41, 5.74) is 2.21. The Hall–Kier alpha value is -2.37. The molecular formula is C15H20N2O4. The van der Waals surface area contributed by atoms with E-state index in [2.05, 4.69) is 10.6 Å². The zero-order valence-corrected chi connectivity index (χ0v) is 12.6. The monoisotopic (exact) mass is 292 g/mol. The number of benzene rings is 1. The third kappa shape index (κ3) is 4.91. The van der Waals surface area contributed by atoms with Crippen LogP contribution in [0.15, 0.2) is 18.2 Å². The summed E-state index contributed by atoms with van der Waals surface area (Å²) in [7, 11) is 0. The molecule has 0 radical (unpaired) electrons. The van der Waals surface area contributed by atoms with Crippen molar-refractivity contribution >= 4 is 17.9 Å². The highest BCUT2D eigenvalue weighted by atomic mass is 16.5. The van der Waals surface area contributed by atoms with E-state index in [1.807, 2.05) is 13.0 Å². The minimum atomic E-state index is -1.05. The van der Waals surface area contributed by atoms with E-state index in [0.717, 1.165) is 11.1 Å². The number of rotatable bonds is 4. The molecule has 0 aliphatic rings. The molecule has 0 spiro atoms. The molecule has 114 valence electrons. The lowest BCUT2D eigenvalue weighted by Crippen LogP contribution is -2.44. The van der Waals surface area contributed by atoms with Crippen molar-refractivity contribution in [1.82, 2.24) is 10.6 Å². The van der Waals surface area contributed by atoms with E-state index < -0.39 is 24.0 Å². The first-order valence-corrected chi connectivity index (χ1v) is 6.72. The van der Waals surface area contributed by atoms with E-state index >= 15 is 0 Å². The number of ether oxygens (including phenoxy) is 1. The van der Waals surface area contributed by atoms with Gasteiger partial charge in [0.05, 0.1) is 5.56 Å². The van der Waals surface area contributed by atoms with Crippen molar-refractivity contribution in [2.24, 2.45) is 0 Å². The van der Waals surface area contributed by atoms with Crippen molar-refractivity contribution in [3.05, 3.63) is 34.9 Å². The van der Waals surface area contributed by atoms with Gasteiger partial charge in [0.2, 0.25) is 0 Å². The predicted octanol–water partition coefficient (Wildman–Crippen LogP) is 1.69. The zero-order chi connectivity index (χ0) is 16.0. The molecule has 0 aliphatic carbocycles. The van der Waals surface area contributed by atoms with Crippen molar-refractivity contribution in [3.63, 3.8) is 0 Å². The second-order valence-corrected chi connectivity index (χ2v) is 4.71. The smallest absolute Gasteiger partial charge is 0.339 e. The van der Waals surface area contributed by atoms with E-state index in [0.29, 0.717) is 12.1 Å². The van der Waals surface area contributed by atoms with Crippen molar-refractivity contribution in [3.8, 4) is 0 Å². The van der Waals surface area contributed by atoms with Crippen molar-refractivity contribution in [1.29, 1.82) is 0 Å². The second-order valence-electron chi connectivity index (χ2n) is 4.71. The van der Waals surface area contributed by atoms with Crippen LogP contribution in [0.2, 0.25) is 0 Å². The maximum Gasteiger partial charge on any atom is 0.339 e. The van der Waals surface area contributed by atoms with Crippen LogP contribution in [-0.4, -0.2) is 30.6 Å². The number of esters is 1. The summed E-state index contributed by atoms with van der Waals surface area (Å²) in [5, 5.41) is 4.52. The van der Waals surface area contributed by atoms with Crippen molar-refractivity contribution < 1.29 is 19.1 Å². The van der Waals surface area contributed by atoms with E-state index in [1.165, 1.54) is 6.92 Å². The van der Waals surface area contributed by atoms with Gasteiger partial charge in [-0.3, -0.25) is 10.1 Å². The summed E-state index contributed by atoms with van der Waals surface area (Å²) in [5.74, 6) is -1.26. The standard InChI is InChI=1S/C15H20N2O4/c1-5-16-15(20)17-13(18)11(4)21-14(19)12-7-6-9(2)8-10(12)3/h6-8,11H,5H2,1-4H3,(H2,16,17,18,20). The largest absolute Gasteiger partial charge is 0.449 e. The fourth-order valence-corrected chi connectivity index (χ4v) is 1.74. The Bertz CT molecular complexity index is 555. The number of hydrogen-bond donors (Lipinski definition) is 2. The van der Waals surface area contributed by atoms with E-state index in [9.17, 15) is 14.4 Å². The highest BCUT2D eigenvalue weighted by Crippen LogP contribution is 2.12. The summed E-state index contributed by atoms with van der Waals surface area (Å²) < 4.78 is 5.07. The molecule has 0 heterocycles. The van der Waals surface area contributed by atoms with Gasteiger partial charge < -0.3 is 10.1 Å². The van der Waals surface area contributed by atoms with Crippen molar-refractivity contribution in [2.75, 3.05) is 6.54 Å². The summed E-state index contributed by atoms with van der Waals surface area (Å²) in [4.78, 5) is 34.9. The number of nitrogens with one attached hydrogen (secondary N) is 2. The van der Waals surface area contributed by atoms with Crippen LogP contribution < -0.4 is 10.6 Å². The van der Waals surface area contributed by atoms with Crippen LogP contribution >= 0.6 is 0 Å². The molecule has 6 heteroatoms. The van der Waals surface area contributed by atoms with Gasteiger partial charge in [0.25, 0.3) is 5.91 Å². The first-order valence-electron chi connectivity index (χ1n) is 6.72. The molecule has 1 unspecified atom stereocenters. The Morgan fingerprint density at radius 2 is 1.90 bits per heavy atom. The van der Waals surface area contributed by atoms with Gasteiger partial charge in [0.15, 0.2) is 6.10 Å². The van der Waals surface area contributed by atoms with Gasteiger partial charge in [0.1, 0.15) is 0 Å². The molecule has 1 aromatic carbocycles. The van der Waals surface area contributed by atoms with Gasteiger partial charge in [0, 0.05) is 6.54 Å². The maximum absolute atomic E-state index is 12.0. The quantitative estimate of drug-likeness (QED) is 0.827. The lowest BCUT2D eigenvalue weighted by molar-refractivity contribution is -0.127. The fourth-order valence-electron chi connectivity index (χ4n) is 1.74. The molecule has 0 aromatic heterocycles. The zero-order valence-electron chi connectivity index (χ0n) is 12.6. The second kappa shape index (κ2) is 7.42. The molecule has 1 aromatic rings. The van der Waals surface area contributed by atoms with E-state index in [4.69, 9.17) is 4.74 Å². The molecule has 0 aliphatic heterocycles. The molecule has 0 saturated heterocycles. The van der Waals surface area contributed by atoms with Crippen LogP contribution in [0.4, 0.5) is 4.79 Å². The van der Waals surface area contributed by atoms with E-state index in [-0.39, 0.29) is 0 Å². The summed E-state index contributed by atoms with van der Waals surface area (Å²) in [6.45, 7) is 7.26. The summed E-state index contributed by atoms with van der Waals surface area (Å²) >= 11 is 0. The van der Waals surface area contributed by atoms with Gasteiger partial charge in [-0.05, 0) is 39.3 Å². The van der Waals surface area contributed by atoms with Gasteiger partial charge in [-0.15, -0.1) is 0 Å². The third-order valence-electron chi connectivity index (χ3n) is 2.83. The van der Waals surface area contributed by atoms with Crippen LogP contribution in [0.3, 0.4) is 0 Å². The molecule has 1 rings (SSSR count). The molecule has 0 bridgehead atoms. The van der Waals surface area contributed by atoms with Crippen molar-refractivity contribution in [2.45, 2.75) is 33.8 Å². The van der Waals surface area contributed by atoms with E-state index in [1.54, 1.807) is 26.0 Å². The molecule has 3 amide bonds. The Morgan fingerprint density at radius 1 is 1.24 bits per heavy atom. The number of urea groups is 1. The Balaban J connectivity index is 2.65. The molecule has 21 heavy (non-hydrogen) atoms. The topological polar surface area (TPSA) is 84.5 Å². The molecule has 1 atom stereocenters. The highest BCUT2D eigenvalue weighted by Gasteiger charge is 2.21. The lowest BCUT2D eigenvalue weighted by atomic mass is 10.1.